The largest absolute Gasteiger partial charge is 0.480 e. The fraction of sp³-hybridized carbons (Fsp3) is 0.250. The molecule has 0 aliphatic rings. The molecule has 0 radical (unpaired) electrons. The number of benzene rings is 1. The average molecular weight is 317 g/mol. The van der Waals surface area contributed by atoms with Gasteiger partial charge in [0.25, 0.3) is 5.91 Å². The van der Waals surface area contributed by atoms with E-state index in [0.717, 1.165) is 11.8 Å². The summed E-state index contributed by atoms with van der Waals surface area (Å²) in [6.45, 7) is 0. The summed E-state index contributed by atoms with van der Waals surface area (Å²) in [6.07, 6.45) is 0. The fourth-order valence-corrected chi connectivity index (χ4v) is 2.22. The van der Waals surface area contributed by atoms with Crippen LogP contribution in [0.15, 0.2) is 24.3 Å². The quantitative estimate of drug-likeness (QED) is 0.714. The Bertz CT molecular complexity index is 524. The maximum absolute atomic E-state index is 11.7. The van der Waals surface area contributed by atoms with E-state index >= 15 is 0 Å². The lowest BCUT2D eigenvalue weighted by atomic mass is 10.2. The highest BCUT2D eigenvalue weighted by atomic mass is 35.5. The van der Waals surface area contributed by atoms with E-state index in [9.17, 15) is 14.4 Å². The zero-order valence-electron chi connectivity index (χ0n) is 10.3. The van der Waals surface area contributed by atoms with Gasteiger partial charge in [-0.1, -0.05) is 23.7 Å². The van der Waals surface area contributed by atoms with Crippen LogP contribution in [-0.2, 0) is 9.59 Å². The van der Waals surface area contributed by atoms with Gasteiger partial charge in [0.15, 0.2) is 0 Å². The molecule has 108 valence electrons. The molecular weight excluding hydrogens is 304 g/mol. The van der Waals surface area contributed by atoms with Crippen molar-refractivity contribution in [3.05, 3.63) is 34.9 Å². The minimum Gasteiger partial charge on any atom is -0.480 e. The van der Waals surface area contributed by atoms with Gasteiger partial charge in [0.2, 0.25) is 5.91 Å². The minimum atomic E-state index is -1.13. The van der Waals surface area contributed by atoms with Crippen molar-refractivity contribution >= 4 is 41.1 Å². The molecular formula is C12H13ClN2O4S. The summed E-state index contributed by atoms with van der Waals surface area (Å²) in [4.78, 5) is 33.7. The molecule has 1 aromatic carbocycles. The first-order chi connectivity index (χ1) is 9.41. The molecule has 0 aliphatic carbocycles. The number of aliphatic carboxylic acids is 1. The van der Waals surface area contributed by atoms with Crippen LogP contribution in [0.3, 0.4) is 0 Å². The molecule has 0 unspecified atom stereocenters. The molecule has 0 aliphatic heterocycles. The Morgan fingerprint density at radius 3 is 2.60 bits per heavy atom. The number of rotatable bonds is 6. The van der Waals surface area contributed by atoms with Crippen LogP contribution in [0.2, 0.25) is 5.02 Å². The molecule has 0 spiro atoms. The number of nitrogens with two attached hydrogens (primary N) is 1. The van der Waals surface area contributed by atoms with Crippen molar-refractivity contribution in [2.75, 3.05) is 11.5 Å². The summed E-state index contributed by atoms with van der Waals surface area (Å²) in [6, 6.07) is 5.31. The van der Waals surface area contributed by atoms with Crippen molar-refractivity contribution in [2.45, 2.75) is 6.04 Å². The van der Waals surface area contributed by atoms with Crippen LogP contribution in [0.25, 0.3) is 0 Å². The van der Waals surface area contributed by atoms with E-state index in [1.165, 1.54) is 6.07 Å². The predicted molar refractivity (Wildman–Crippen MR) is 76.9 cm³/mol. The van der Waals surface area contributed by atoms with Gasteiger partial charge in [-0.2, -0.15) is 0 Å². The van der Waals surface area contributed by atoms with Gasteiger partial charge in [-0.05, 0) is 12.1 Å². The summed E-state index contributed by atoms with van der Waals surface area (Å²) in [5, 5.41) is 11.0. The molecule has 0 saturated carbocycles. The Hall–Kier alpha value is -1.57. The molecule has 2 amide bonds. The van der Waals surface area contributed by atoms with Gasteiger partial charge in [0, 0.05) is 5.75 Å². The summed E-state index contributed by atoms with van der Waals surface area (Å²) in [5.74, 6) is -2.23. The number of carboxylic acids is 1. The van der Waals surface area contributed by atoms with E-state index in [2.05, 4.69) is 5.32 Å². The fourth-order valence-electron chi connectivity index (χ4n) is 1.23. The van der Waals surface area contributed by atoms with E-state index in [4.69, 9.17) is 22.4 Å². The number of hydrogen-bond acceptors (Lipinski definition) is 5. The molecule has 0 bridgehead atoms. The van der Waals surface area contributed by atoms with Crippen molar-refractivity contribution in [3.63, 3.8) is 0 Å². The molecule has 1 aromatic rings. The number of imide groups is 1. The highest BCUT2D eigenvalue weighted by Gasteiger charge is 2.15. The molecule has 4 N–H and O–H groups in total. The second-order valence-electron chi connectivity index (χ2n) is 3.82. The molecule has 0 saturated heterocycles. The summed E-state index contributed by atoms with van der Waals surface area (Å²) in [7, 11) is 0. The van der Waals surface area contributed by atoms with Crippen LogP contribution >= 0.6 is 23.4 Å². The van der Waals surface area contributed by atoms with Gasteiger partial charge in [-0.3, -0.25) is 19.7 Å². The van der Waals surface area contributed by atoms with Gasteiger partial charge < -0.3 is 10.8 Å². The Morgan fingerprint density at radius 2 is 2.00 bits per heavy atom. The third kappa shape index (κ3) is 5.20. The average Bonchev–Trinajstić information content (AvgIpc) is 2.38. The lowest BCUT2D eigenvalue weighted by Crippen LogP contribution is -2.35. The van der Waals surface area contributed by atoms with E-state index in [1.54, 1.807) is 18.2 Å². The monoisotopic (exact) mass is 316 g/mol. The highest BCUT2D eigenvalue weighted by molar-refractivity contribution is 8.00. The Labute approximate surface area is 124 Å². The van der Waals surface area contributed by atoms with Crippen molar-refractivity contribution in [3.8, 4) is 0 Å². The lowest BCUT2D eigenvalue weighted by Gasteiger charge is -2.07. The van der Waals surface area contributed by atoms with Crippen LogP contribution in [-0.4, -0.2) is 40.4 Å². The second-order valence-corrected chi connectivity index (χ2v) is 5.25. The summed E-state index contributed by atoms with van der Waals surface area (Å²) >= 11 is 6.86. The SMILES string of the molecule is N[C@@H](CSCC(=O)NC(=O)c1ccccc1Cl)C(=O)O. The van der Waals surface area contributed by atoms with Gasteiger partial charge in [-0.15, -0.1) is 11.8 Å². The molecule has 20 heavy (non-hydrogen) atoms. The Balaban J connectivity index is 2.41. The number of amides is 2. The number of thioether (sulfide) groups is 1. The number of carboxylic acid groups (broad SMARTS) is 1. The number of carbonyl (C=O) groups excluding carboxylic acids is 2. The zero-order valence-corrected chi connectivity index (χ0v) is 11.9. The van der Waals surface area contributed by atoms with Gasteiger partial charge in [0.1, 0.15) is 6.04 Å². The van der Waals surface area contributed by atoms with Gasteiger partial charge in [-0.25, -0.2) is 0 Å². The Morgan fingerprint density at radius 1 is 1.35 bits per heavy atom. The molecule has 0 heterocycles. The zero-order chi connectivity index (χ0) is 15.1. The van der Waals surface area contributed by atoms with Crippen molar-refractivity contribution in [1.82, 2.24) is 5.32 Å². The first kappa shape index (κ1) is 16.5. The molecule has 8 heteroatoms. The normalized spacial score (nSPS) is 11.7. The third-order valence-electron chi connectivity index (χ3n) is 2.22. The second kappa shape index (κ2) is 7.88. The minimum absolute atomic E-state index is 0.0584. The molecule has 1 rings (SSSR count). The lowest BCUT2D eigenvalue weighted by molar-refractivity contribution is -0.138. The standard InChI is InChI=1S/C12H13ClN2O4S/c13-8-4-2-1-3-7(8)11(17)15-10(16)6-20-5-9(14)12(18)19/h1-4,9H,5-6,14H2,(H,18,19)(H,15,16,17)/t9-/m0/s1. The first-order valence-corrected chi connectivity index (χ1v) is 7.10. The summed E-state index contributed by atoms with van der Waals surface area (Å²) < 4.78 is 0. The van der Waals surface area contributed by atoms with Crippen LogP contribution < -0.4 is 11.1 Å². The smallest absolute Gasteiger partial charge is 0.321 e. The molecule has 0 aromatic heterocycles. The third-order valence-corrected chi connectivity index (χ3v) is 3.61. The van der Waals surface area contributed by atoms with Crippen LogP contribution in [0.4, 0.5) is 0 Å². The van der Waals surface area contributed by atoms with E-state index in [-0.39, 0.29) is 22.1 Å². The Kier molecular flexibility index (Phi) is 6.50. The number of hydrogen-bond donors (Lipinski definition) is 3. The first-order valence-electron chi connectivity index (χ1n) is 5.56. The number of carbonyl (C=O) groups is 3. The highest BCUT2D eigenvalue weighted by Crippen LogP contribution is 2.14. The number of nitrogens with one attached hydrogen (secondary N) is 1. The van der Waals surface area contributed by atoms with E-state index in [0.29, 0.717) is 0 Å². The van der Waals surface area contributed by atoms with Crippen molar-refractivity contribution < 1.29 is 19.5 Å². The van der Waals surface area contributed by atoms with Crippen molar-refractivity contribution in [2.24, 2.45) is 5.73 Å². The maximum atomic E-state index is 11.7. The topological polar surface area (TPSA) is 109 Å². The van der Waals surface area contributed by atoms with Gasteiger partial charge in [0.05, 0.1) is 16.3 Å². The molecule has 0 fully saturated rings. The predicted octanol–water partition coefficient (Wildman–Crippen LogP) is 0.741. The molecule has 1 atom stereocenters. The van der Waals surface area contributed by atoms with Crippen LogP contribution in [0.1, 0.15) is 10.4 Å². The van der Waals surface area contributed by atoms with Crippen molar-refractivity contribution in [1.29, 1.82) is 0 Å². The van der Waals surface area contributed by atoms with Gasteiger partial charge >= 0.3 is 5.97 Å². The maximum Gasteiger partial charge on any atom is 0.321 e. The van der Waals surface area contributed by atoms with E-state index < -0.39 is 23.8 Å². The van der Waals surface area contributed by atoms with E-state index in [1.807, 2.05) is 0 Å². The molecule has 6 nitrogen and oxygen atoms in total. The van der Waals surface area contributed by atoms with Crippen LogP contribution in [0, 0.1) is 0 Å². The number of halogens is 1. The summed E-state index contributed by atoms with van der Waals surface area (Å²) in [5.41, 5.74) is 5.48. The van der Waals surface area contributed by atoms with Crippen LogP contribution in [0.5, 0.6) is 0 Å².